The highest BCUT2D eigenvalue weighted by Gasteiger charge is 2.17. The molecule has 6 aromatic rings. The lowest BCUT2D eigenvalue weighted by Crippen LogP contribution is -2.30. The van der Waals surface area contributed by atoms with Gasteiger partial charge in [-0.25, -0.2) is 4.98 Å². The molecule has 48 heavy (non-hydrogen) atoms. The summed E-state index contributed by atoms with van der Waals surface area (Å²) in [4.78, 5) is 13.4. The van der Waals surface area contributed by atoms with E-state index < -0.39 is 5.54 Å². The maximum Gasteiger partial charge on any atom is 0.140 e. The number of rotatable bonds is 11. The Morgan fingerprint density at radius 2 is 0.875 bits per heavy atom. The molecular weight excluding hydrogens is 589 g/mol. The molecule has 0 unspecified atom stereocenters. The van der Waals surface area contributed by atoms with Gasteiger partial charge in [-0.3, -0.25) is 4.98 Å². The summed E-state index contributed by atoms with van der Waals surface area (Å²) in [6.07, 6.45) is 3.69. The molecule has 6 nitrogen and oxygen atoms in total. The van der Waals surface area contributed by atoms with Crippen LogP contribution in [0, 0.1) is 11.3 Å². The standard InChI is InChI=1S/C22H25N3.C20H17N3/c1-22(2,23)21-14-13-20(15-24-21)25(16-18-9-5-3-6-10-18)17-19-11-7-4-8-12-19;21-13-19-11-12-20(14-22-19)23(15-17-7-3-1-4-8-17)16-18-9-5-2-6-10-18/h3-15H,16-17,23H2,1-2H3;1-12,14H,15-16H2. The van der Waals surface area contributed by atoms with Crippen molar-refractivity contribution in [3.8, 4) is 6.07 Å². The number of pyridine rings is 2. The predicted molar refractivity (Wildman–Crippen MR) is 196 cm³/mol. The summed E-state index contributed by atoms with van der Waals surface area (Å²) in [6, 6.07) is 51.7. The van der Waals surface area contributed by atoms with E-state index in [1.165, 1.54) is 22.3 Å². The minimum atomic E-state index is -0.428. The lowest BCUT2D eigenvalue weighted by atomic mass is 10.0. The van der Waals surface area contributed by atoms with Crippen LogP contribution in [0.4, 0.5) is 11.4 Å². The van der Waals surface area contributed by atoms with Crippen LogP contribution in [0.2, 0.25) is 0 Å². The van der Waals surface area contributed by atoms with Crippen LogP contribution in [-0.4, -0.2) is 9.97 Å². The number of nitrogens with zero attached hydrogens (tertiary/aromatic N) is 5. The fourth-order valence-electron chi connectivity index (χ4n) is 5.29. The molecule has 0 atom stereocenters. The number of hydrogen-bond acceptors (Lipinski definition) is 6. The summed E-state index contributed by atoms with van der Waals surface area (Å²) in [5, 5.41) is 8.91. The molecule has 2 aromatic heterocycles. The first-order valence-electron chi connectivity index (χ1n) is 16.1. The highest BCUT2D eigenvalue weighted by Crippen LogP contribution is 2.23. The third kappa shape index (κ3) is 10.1. The number of hydrogen-bond donors (Lipinski definition) is 1. The largest absolute Gasteiger partial charge is 0.362 e. The minimum absolute atomic E-state index is 0.428. The average Bonchev–Trinajstić information content (AvgIpc) is 3.13. The molecule has 6 rings (SSSR count). The molecule has 6 heteroatoms. The van der Waals surface area contributed by atoms with E-state index >= 15 is 0 Å². The Balaban J connectivity index is 0.000000188. The fourth-order valence-corrected chi connectivity index (χ4v) is 5.29. The highest BCUT2D eigenvalue weighted by atomic mass is 15.1. The van der Waals surface area contributed by atoms with Crippen LogP contribution in [0.25, 0.3) is 0 Å². The number of aromatic nitrogens is 2. The van der Waals surface area contributed by atoms with Crippen molar-refractivity contribution < 1.29 is 0 Å². The van der Waals surface area contributed by atoms with Crippen molar-refractivity contribution in [3.63, 3.8) is 0 Å². The topological polar surface area (TPSA) is 82.1 Å². The van der Waals surface area contributed by atoms with E-state index in [4.69, 9.17) is 11.0 Å². The van der Waals surface area contributed by atoms with E-state index in [2.05, 4.69) is 105 Å². The monoisotopic (exact) mass is 630 g/mol. The van der Waals surface area contributed by atoms with Crippen LogP contribution < -0.4 is 15.5 Å². The Morgan fingerprint density at radius 3 is 1.15 bits per heavy atom. The molecule has 0 saturated heterocycles. The van der Waals surface area contributed by atoms with E-state index in [0.29, 0.717) is 5.69 Å². The van der Waals surface area contributed by atoms with E-state index in [1.54, 1.807) is 12.3 Å². The Kier molecular flexibility index (Phi) is 11.7. The van der Waals surface area contributed by atoms with Crippen molar-refractivity contribution in [2.24, 2.45) is 5.73 Å². The molecular formula is C42H42N6. The van der Waals surface area contributed by atoms with Crippen molar-refractivity contribution in [1.29, 1.82) is 5.26 Å². The Bertz CT molecular complexity index is 1750. The third-order valence-electron chi connectivity index (χ3n) is 7.87. The second-order valence-corrected chi connectivity index (χ2v) is 12.3. The minimum Gasteiger partial charge on any atom is -0.362 e. The molecule has 0 fully saturated rings. The maximum atomic E-state index is 8.91. The zero-order valence-electron chi connectivity index (χ0n) is 27.7. The quantitative estimate of drug-likeness (QED) is 0.154. The molecule has 0 aliphatic rings. The second kappa shape index (κ2) is 16.7. The summed E-state index contributed by atoms with van der Waals surface area (Å²) in [5.74, 6) is 0. The van der Waals surface area contributed by atoms with Gasteiger partial charge in [0.25, 0.3) is 0 Å². The van der Waals surface area contributed by atoms with Gasteiger partial charge in [-0.1, -0.05) is 121 Å². The van der Waals surface area contributed by atoms with Crippen LogP contribution in [-0.2, 0) is 31.7 Å². The first-order valence-corrected chi connectivity index (χ1v) is 16.1. The summed E-state index contributed by atoms with van der Waals surface area (Å²) in [6.45, 7) is 7.21. The average molecular weight is 631 g/mol. The van der Waals surface area contributed by atoms with Gasteiger partial charge < -0.3 is 15.5 Å². The van der Waals surface area contributed by atoms with Crippen LogP contribution in [0.3, 0.4) is 0 Å². The molecule has 0 aliphatic heterocycles. The Labute approximate surface area is 284 Å². The first kappa shape index (κ1) is 33.6. The number of benzene rings is 4. The number of nitriles is 1. The molecule has 0 bridgehead atoms. The van der Waals surface area contributed by atoms with Gasteiger partial charge in [0.2, 0.25) is 0 Å². The maximum absolute atomic E-state index is 8.91. The van der Waals surface area contributed by atoms with Gasteiger partial charge in [0.1, 0.15) is 11.8 Å². The van der Waals surface area contributed by atoms with E-state index in [0.717, 1.165) is 43.2 Å². The first-order chi connectivity index (χ1) is 23.4. The number of nitrogens with two attached hydrogens (primary N) is 1. The Hall–Kier alpha value is -5.77. The summed E-state index contributed by atoms with van der Waals surface area (Å²) in [5.41, 5.74) is 14.2. The molecule has 0 amide bonds. The van der Waals surface area contributed by atoms with Gasteiger partial charge in [0, 0.05) is 26.2 Å². The Morgan fingerprint density at radius 1 is 0.521 bits per heavy atom. The molecule has 0 aliphatic carbocycles. The van der Waals surface area contributed by atoms with Crippen LogP contribution in [0.1, 0.15) is 47.5 Å². The van der Waals surface area contributed by atoms with Crippen LogP contribution >= 0.6 is 0 Å². The van der Waals surface area contributed by atoms with Crippen LogP contribution in [0.15, 0.2) is 158 Å². The smallest absolute Gasteiger partial charge is 0.140 e. The predicted octanol–water partition coefficient (Wildman–Crippen LogP) is 8.64. The zero-order valence-corrected chi connectivity index (χ0v) is 27.7. The third-order valence-corrected chi connectivity index (χ3v) is 7.87. The molecule has 2 heterocycles. The van der Waals surface area contributed by atoms with Crippen molar-refractivity contribution in [2.75, 3.05) is 9.80 Å². The zero-order chi connectivity index (χ0) is 33.6. The molecule has 4 aromatic carbocycles. The van der Waals surface area contributed by atoms with Gasteiger partial charge in [-0.15, -0.1) is 0 Å². The van der Waals surface area contributed by atoms with E-state index in [9.17, 15) is 0 Å². The van der Waals surface area contributed by atoms with Gasteiger partial charge in [-0.2, -0.15) is 5.26 Å². The second-order valence-electron chi connectivity index (χ2n) is 12.3. The van der Waals surface area contributed by atoms with Gasteiger partial charge in [-0.05, 0) is 60.4 Å². The molecule has 0 radical (unpaired) electrons. The summed E-state index contributed by atoms with van der Waals surface area (Å²) >= 11 is 0. The number of anilines is 2. The fraction of sp³-hybridized carbons (Fsp3) is 0.167. The van der Waals surface area contributed by atoms with Crippen molar-refractivity contribution in [1.82, 2.24) is 9.97 Å². The SMILES string of the molecule is CC(C)(N)c1ccc(N(Cc2ccccc2)Cc2ccccc2)cn1.N#Cc1ccc(N(Cc2ccccc2)Cc2ccccc2)cn1. The van der Waals surface area contributed by atoms with Crippen molar-refractivity contribution in [2.45, 2.75) is 45.6 Å². The molecule has 0 spiro atoms. The van der Waals surface area contributed by atoms with Gasteiger partial charge >= 0.3 is 0 Å². The molecule has 2 N–H and O–H groups in total. The molecule has 0 saturated carbocycles. The van der Waals surface area contributed by atoms with E-state index in [1.807, 2.05) is 80.7 Å². The highest BCUT2D eigenvalue weighted by molar-refractivity contribution is 5.48. The lowest BCUT2D eigenvalue weighted by molar-refractivity contribution is 0.535. The van der Waals surface area contributed by atoms with E-state index in [-0.39, 0.29) is 0 Å². The van der Waals surface area contributed by atoms with Gasteiger partial charge in [0.05, 0.1) is 35.0 Å². The van der Waals surface area contributed by atoms with Crippen molar-refractivity contribution >= 4 is 11.4 Å². The van der Waals surface area contributed by atoms with Crippen molar-refractivity contribution in [3.05, 3.63) is 192 Å². The lowest BCUT2D eigenvalue weighted by Gasteiger charge is -2.26. The normalized spacial score (nSPS) is 10.7. The summed E-state index contributed by atoms with van der Waals surface area (Å²) in [7, 11) is 0. The van der Waals surface area contributed by atoms with Crippen LogP contribution in [0.5, 0.6) is 0 Å². The van der Waals surface area contributed by atoms with Gasteiger partial charge in [0.15, 0.2) is 0 Å². The summed E-state index contributed by atoms with van der Waals surface area (Å²) < 4.78 is 0. The molecule has 240 valence electrons.